The fourth-order valence-corrected chi connectivity index (χ4v) is 1.59. The predicted molar refractivity (Wildman–Crippen MR) is 66.3 cm³/mol. The quantitative estimate of drug-likeness (QED) is 0.881. The Morgan fingerprint density at radius 3 is 2.69 bits per heavy atom. The third-order valence-electron chi connectivity index (χ3n) is 2.57. The van der Waals surface area contributed by atoms with Crippen molar-refractivity contribution in [3.63, 3.8) is 0 Å². The third kappa shape index (κ3) is 3.14. The maximum atomic E-state index is 10.7. The fraction of sp³-hybridized carbons (Fsp3) is 0.417. The minimum atomic E-state index is -0.787. The molecule has 88 valence electrons. The van der Waals surface area contributed by atoms with Gasteiger partial charge in [0.1, 0.15) is 0 Å². The average Bonchev–Trinajstić information content (AvgIpc) is 2.21. The van der Waals surface area contributed by atoms with Gasteiger partial charge in [-0.1, -0.05) is 24.6 Å². The maximum absolute atomic E-state index is 10.7. The van der Waals surface area contributed by atoms with Crippen LogP contribution in [-0.2, 0) is 4.79 Å². The van der Waals surface area contributed by atoms with E-state index in [9.17, 15) is 4.79 Å². The van der Waals surface area contributed by atoms with E-state index >= 15 is 0 Å². The number of halogens is 1. The molecule has 0 aliphatic carbocycles. The van der Waals surface area contributed by atoms with Crippen LogP contribution >= 0.6 is 11.6 Å². The van der Waals surface area contributed by atoms with Crippen LogP contribution in [0.1, 0.15) is 12.5 Å². The van der Waals surface area contributed by atoms with Crippen molar-refractivity contribution >= 4 is 23.3 Å². The summed E-state index contributed by atoms with van der Waals surface area (Å²) in [4.78, 5) is 12.6. The number of aliphatic carboxylic acids is 1. The lowest BCUT2D eigenvalue weighted by atomic mass is 10.1. The Morgan fingerprint density at radius 1 is 1.56 bits per heavy atom. The smallest absolute Gasteiger partial charge is 0.308 e. The molecule has 0 aromatic heterocycles. The molecular formula is C12H16ClNO2. The summed E-state index contributed by atoms with van der Waals surface area (Å²) in [5, 5.41) is 9.52. The van der Waals surface area contributed by atoms with Gasteiger partial charge in [-0.3, -0.25) is 4.79 Å². The topological polar surface area (TPSA) is 40.5 Å². The van der Waals surface area contributed by atoms with Crippen LogP contribution in [0.25, 0.3) is 0 Å². The summed E-state index contributed by atoms with van der Waals surface area (Å²) in [7, 11) is 1.86. The first-order chi connectivity index (χ1) is 7.41. The Morgan fingerprint density at radius 2 is 2.19 bits per heavy atom. The van der Waals surface area contributed by atoms with Gasteiger partial charge in [-0.2, -0.15) is 0 Å². The highest BCUT2D eigenvalue weighted by Gasteiger charge is 2.14. The number of hydrogen-bond acceptors (Lipinski definition) is 2. The summed E-state index contributed by atoms with van der Waals surface area (Å²) in [5.74, 6) is -1.19. The molecule has 1 rings (SSSR count). The Balaban J connectivity index is 2.76. The van der Waals surface area contributed by atoms with Crippen molar-refractivity contribution in [2.24, 2.45) is 5.92 Å². The van der Waals surface area contributed by atoms with Gasteiger partial charge >= 0.3 is 5.97 Å². The van der Waals surface area contributed by atoms with E-state index in [2.05, 4.69) is 0 Å². The lowest BCUT2D eigenvalue weighted by Gasteiger charge is -2.22. The summed E-state index contributed by atoms with van der Waals surface area (Å²) in [6.45, 7) is 4.09. The van der Waals surface area contributed by atoms with Crippen molar-refractivity contribution < 1.29 is 9.90 Å². The molecule has 0 aliphatic rings. The van der Waals surface area contributed by atoms with Crippen LogP contribution < -0.4 is 4.90 Å². The highest BCUT2D eigenvalue weighted by atomic mass is 35.5. The molecule has 0 saturated carbocycles. The number of nitrogens with zero attached hydrogens (tertiary/aromatic N) is 1. The van der Waals surface area contributed by atoms with E-state index in [1.807, 2.05) is 37.1 Å². The summed E-state index contributed by atoms with van der Waals surface area (Å²) in [6.07, 6.45) is 0. The number of hydrogen-bond donors (Lipinski definition) is 1. The minimum absolute atomic E-state index is 0.398. The maximum Gasteiger partial charge on any atom is 0.308 e. The predicted octanol–water partition coefficient (Wildman–Crippen LogP) is 2.81. The van der Waals surface area contributed by atoms with E-state index in [4.69, 9.17) is 16.7 Å². The summed E-state index contributed by atoms with van der Waals surface area (Å²) in [5.41, 5.74) is 1.95. The van der Waals surface area contributed by atoms with Gasteiger partial charge in [-0.25, -0.2) is 0 Å². The van der Waals surface area contributed by atoms with Gasteiger partial charge in [-0.05, 0) is 24.6 Å². The number of carboxylic acids is 1. The molecule has 0 amide bonds. The van der Waals surface area contributed by atoms with Crippen LogP contribution in [0.15, 0.2) is 18.2 Å². The van der Waals surface area contributed by atoms with Crippen LogP contribution in [0.5, 0.6) is 0 Å². The van der Waals surface area contributed by atoms with Crippen molar-refractivity contribution in [3.05, 3.63) is 28.8 Å². The second-order valence-corrected chi connectivity index (χ2v) is 4.46. The van der Waals surface area contributed by atoms with Gasteiger partial charge in [0.25, 0.3) is 0 Å². The number of anilines is 1. The second-order valence-electron chi connectivity index (χ2n) is 4.05. The zero-order valence-corrected chi connectivity index (χ0v) is 10.5. The zero-order valence-electron chi connectivity index (χ0n) is 9.70. The molecule has 0 saturated heterocycles. The highest BCUT2D eigenvalue weighted by molar-refractivity contribution is 6.31. The zero-order chi connectivity index (χ0) is 12.3. The van der Waals surface area contributed by atoms with Gasteiger partial charge in [0.05, 0.1) is 5.92 Å². The van der Waals surface area contributed by atoms with Gasteiger partial charge in [0, 0.05) is 24.3 Å². The van der Waals surface area contributed by atoms with Crippen LogP contribution in [0.4, 0.5) is 5.69 Å². The number of carboxylic acid groups (broad SMARTS) is 1. The van der Waals surface area contributed by atoms with Crippen molar-refractivity contribution in [2.75, 3.05) is 18.5 Å². The SMILES string of the molecule is Cc1ccc(N(C)CC(C)C(=O)O)cc1Cl. The molecule has 0 radical (unpaired) electrons. The molecule has 0 heterocycles. The Bertz CT molecular complexity index is 393. The second kappa shape index (κ2) is 5.21. The van der Waals surface area contributed by atoms with E-state index in [0.29, 0.717) is 11.6 Å². The molecule has 1 aromatic carbocycles. The number of aryl methyl sites for hydroxylation is 1. The molecule has 0 fully saturated rings. The normalized spacial score (nSPS) is 12.2. The fourth-order valence-electron chi connectivity index (χ4n) is 1.41. The molecule has 1 N–H and O–H groups in total. The minimum Gasteiger partial charge on any atom is -0.481 e. The van der Waals surface area contributed by atoms with E-state index < -0.39 is 11.9 Å². The molecule has 16 heavy (non-hydrogen) atoms. The molecule has 0 bridgehead atoms. The van der Waals surface area contributed by atoms with Crippen molar-refractivity contribution in [1.29, 1.82) is 0 Å². The summed E-state index contributed by atoms with van der Waals surface area (Å²) < 4.78 is 0. The molecule has 0 spiro atoms. The van der Waals surface area contributed by atoms with E-state index in [0.717, 1.165) is 11.3 Å². The van der Waals surface area contributed by atoms with Crippen LogP contribution in [0, 0.1) is 12.8 Å². The Labute approximate surface area is 101 Å². The number of carbonyl (C=O) groups is 1. The summed E-state index contributed by atoms with van der Waals surface area (Å²) >= 11 is 6.01. The van der Waals surface area contributed by atoms with Gasteiger partial charge in [0.2, 0.25) is 0 Å². The molecule has 0 aliphatic heterocycles. The number of benzene rings is 1. The lowest BCUT2D eigenvalue weighted by molar-refractivity contribution is -0.140. The molecule has 1 atom stereocenters. The molecule has 3 nitrogen and oxygen atoms in total. The third-order valence-corrected chi connectivity index (χ3v) is 2.97. The Kier molecular flexibility index (Phi) is 4.19. The molecule has 4 heteroatoms. The van der Waals surface area contributed by atoms with Gasteiger partial charge < -0.3 is 10.0 Å². The molecular weight excluding hydrogens is 226 g/mol. The van der Waals surface area contributed by atoms with Crippen molar-refractivity contribution in [3.8, 4) is 0 Å². The first-order valence-electron chi connectivity index (χ1n) is 5.12. The van der Waals surface area contributed by atoms with E-state index in [1.165, 1.54) is 0 Å². The van der Waals surface area contributed by atoms with Gasteiger partial charge in [0.15, 0.2) is 0 Å². The van der Waals surface area contributed by atoms with E-state index in [1.54, 1.807) is 6.92 Å². The van der Waals surface area contributed by atoms with Crippen LogP contribution in [-0.4, -0.2) is 24.7 Å². The van der Waals surface area contributed by atoms with Gasteiger partial charge in [-0.15, -0.1) is 0 Å². The molecule has 1 aromatic rings. The standard InChI is InChI=1S/C12H16ClNO2/c1-8-4-5-10(6-11(8)13)14(3)7-9(2)12(15)16/h4-6,9H,7H2,1-3H3,(H,15,16). The van der Waals surface area contributed by atoms with Crippen molar-refractivity contribution in [2.45, 2.75) is 13.8 Å². The van der Waals surface area contributed by atoms with Crippen LogP contribution in [0.2, 0.25) is 5.02 Å². The number of rotatable bonds is 4. The largest absolute Gasteiger partial charge is 0.481 e. The summed E-state index contributed by atoms with van der Waals surface area (Å²) in [6, 6.07) is 5.72. The first-order valence-corrected chi connectivity index (χ1v) is 5.49. The van der Waals surface area contributed by atoms with E-state index in [-0.39, 0.29) is 0 Å². The average molecular weight is 242 g/mol. The monoisotopic (exact) mass is 241 g/mol. The van der Waals surface area contributed by atoms with Crippen molar-refractivity contribution in [1.82, 2.24) is 0 Å². The van der Waals surface area contributed by atoms with Crippen LogP contribution in [0.3, 0.4) is 0 Å². The lowest BCUT2D eigenvalue weighted by Crippen LogP contribution is -2.28. The molecule has 1 unspecified atom stereocenters. The first kappa shape index (κ1) is 12.8. The highest BCUT2D eigenvalue weighted by Crippen LogP contribution is 2.22. The Hall–Kier alpha value is -1.22.